The number of oxime groups is 1. The fraction of sp³-hybridized carbons (Fsp3) is 0.867. The summed E-state index contributed by atoms with van der Waals surface area (Å²) in [5, 5.41) is 48.5. The highest BCUT2D eigenvalue weighted by Crippen LogP contribution is 2.70. The van der Waals surface area contributed by atoms with Crippen LogP contribution in [0.5, 0.6) is 0 Å². The molecule has 0 aromatic heterocycles. The zero-order valence-corrected chi connectivity index (χ0v) is 23.8. The molecule has 0 radical (unpaired) electrons. The van der Waals surface area contributed by atoms with Crippen molar-refractivity contribution in [2.45, 2.75) is 120 Å². The lowest BCUT2D eigenvalue weighted by molar-refractivity contribution is -0.284. The molecule has 1 saturated heterocycles. The maximum Gasteiger partial charge on any atom is 0.331 e. The van der Waals surface area contributed by atoms with Gasteiger partial charge in [0.2, 0.25) is 0 Å². The van der Waals surface area contributed by atoms with Gasteiger partial charge in [0.15, 0.2) is 6.29 Å². The van der Waals surface area contributed by atoms with Crippen LogP contribution in [0.15, 0.2) is 16.8 Å². The van der Waals surface area contributed by atoms with E-state index < -0.39 is 40.5 Å². The van der Waals surface area contributed by atoms with Crippen molar-refractivity contribution in [3.05, 3.63) is 11.6 Å². The van der Waals surface area contributed by atoms with Gasteiger partial charge in [-0.1, -0.05) is 6.92 Å². The number of hydrogen-bond acceptors (Lipinski definition) is 10. The van der Waals surface area contributed by atoms with E-state index >= 15 is 0 Å². The molecule has 40 heavy (non-hydrogen) atoms. The predicted octanol–water partition coefficient (Wildman–Crippen LogP) is 2.69. The monoisotopic (exact) mass is 563 g/mol. The van der Waals surface area contributed by atoms with E-state index in [1.54, 1.807) is 26.3 Å². The van der Waals surface area contributed by atoms with Gasteiger partial charge in [-0.3, -0.25) is 0 Å². The molecule has 0 spiro atoms. The number of carbonyl (C=O) groups is 1. The Hall–Kier alpha value is -1.56. The summed E-state index contributed by atoms with van der Waals surface area (Å²) in [4.78, 5) is 11.8. The van der Waals surface area contributed by atoms with Crippen molar-refractivity contribution in [2.75, 3.05) is 13.7 Å². The van der Waals surface area contributed by atoms with Crippen LogP contribution in [0.4, 0.5) is 0 Å². The summed E-state index contributed by atoms with van der Waals surface area (Å²) in [6, 6.07) is 0. The third-order valence-electron chi connectivity index (χ3n) is 12.2. The predicted molar refractivity (Wildman–Crippen MR) is 142 cm³/mol. The fourth-order valence-corrected chi connectivity index (χ4v) is 10.1. The number of aliphatic hydroxyl groups excluding tert-OH is 1. The summed E-state index contributed by atoms with van der Waals surface area (Å²) in [5.74, 6) is -0.319. The van der Waals surface area contributed by atoms with Crippen LogP contribution in [-0.2, 0) is 23.7 Å². The topological polar surface area (TPSA) is 147 Å². The second-order valence-electron chi connectivity index (χ2n) is 13.6. The van der Waals surface area contributed by atoms with Crippen LogP contribution in [0, 0.1) is 28.6 Å². The molecular formula is C30H45NO9. The van der Waals surface area contributed by atoms with Gasteiger partial charge in [-0.2, -0.15) is 0 Å². The van der Waals surface area contributed by atoms with Crippen LogP contribution < -0.4 is 0 Å². The molecule has 4 saturated carbocycles. The number of hydrogen-bond donors (Lipinski definition) is 4. The number of rotatable bonds is 5. The van der Waals surface area contributed by atoms with Crippen LogP contribution in [0.2, 0.25) is 0 Å². The van der Waals surface area contributed by atoms with Gasteiger partial charge < -0.3 is 39.5 Å². The summed E-state index contributed by atoms with van der Waals surface area (Å²) in [6.45, 7) is 4.27. The Morgan fingerprint density at radius 3 is 2.58 bits per heavy atom. The molecular weight excluding hydrogens is 518 g/mol. The third-order valence-corrected chi connectivity index (χ3v) is 12.2. The van der Waals surface area contributed by atoms with Crippen LogP contribution in [0.1, 0.15) is 78.1 Å². The Kier molecular flexibility index (Phi) is 7.15. The van der Waals surface area contributed by atoms with Crippen LogP contribution in [0.3, 0.4) is 0 Å². The molecule has 6 rings (SSSR count). The smallest absolute Gasteiger partial charge is 0.331 e. The lowest BCUT2D eigenvalue weighted by Gasteiger charge is -2.65. The van der Waals surface area contributed by atoms with Crippen molar-refractivity contribution in [3.63, 3.8) is 0 Å². The van der Waals surface area contributed by atoms with Crippen molar-refractivity contribution < 1.29 is 44.3 Å². The van der Waals surface area contributed by atoms with Gasteiger partial charge in [0.05, 0.1) is 35.7 Å². The minimum absolute atomic E-state index is 0.0469. The van der Waals surface area contributed by atoms with Crippen molar-refractivity contribution in [3.8, 4) is 0 Å². The SMILES string of the molecule is CO[C@H]1C[C@H](O[C@H]2CC[C@]3(C=NO)[C@H]4CC[C@]5(C)[C@@H](C6=CC(=O)OC6)CC[C@]5(O)[C@@H]4CC[C@]3(O)C2)O[C@H](C)[C@H]1O. The first-order valence-corrected chi connectivity index (χ1v) is 15.0. The third kappa shape index (κ3) is 4.04. The van der Waals surface area contributed by atoms with Crippen molar-refractivity contribution >= 4 is 12.2 Å². The normalized spacial score (nSPS) is 52.5. The number of aliphatic hydroxyl groups is 3. The molecule has 2 aliphatic heterocycles. The number of ether oxygens (including phenoxy) is 4. The van der Waals surface area contributed by atoms with Gasteiger partial charge in [0.25, 0.3) is 0 Å². The Balaban J connectivity index is 1.23. The highest BCUT2D eigenvalue weighted by Gasteiger charge is 2.71. The standard InChI is InChI=1S/C30H45NO9/c1-17-26(33)23(37-3)13-25(39-17)40-19-4-9-28(16-31-36)21-5-8-27(2)20(18-12-24(32)38-15-18)7-11-30(27,35)22(21)6-10-29(28,34)14-19/h12,16-17,19-23,25-26,33-36H,4-11,13-15H2,1-3H3/t17-,19+,20-,21+,22-,23+,25+,26-,27-,28+,29+,30+/m1/s1. The summed E-state index contributed by atoms with van der Waals surface area (Å²) in [5.41, 5.74) is -2.28. The Morgan fingerprint density at radius 1 is 1.10 bits per heavy atom. The van der Waals surface area contributed by atoms with E-state index in [1.807, 2.05) is 0 Å². The van der Waals surface area contributed by atoms with Gasteiger partial charge in [-0.25, -0.2) is 4.79 Å². The summed E-state index contributed by atoms with van der Waals surface area (Å²) < 4.78 is 23.0. The highest BCUT2D eigenvalue weighted by molar-refractivity contribution is 5.85. The van der Waals surface area contributed by atoms with E-state index in [9.17, 15) is 25.3 Å². The van der Waals surface area contributed by atoms with E-state index in [0.29, 0.717) is 51.6 Å². The van der Waals surface area contributed by atoms with Gasteiger partial charge in [-0.15, -0.1) is 5.16 Å². The quantitative estimate of drug-likeness (QED) is 0.130. The number of carbonyl (C=O) groups excluding carboxylic acids is 1. The molecule has 12 atom stereocenters. The number of fused-ring (bicyclic) bond motifs is 5. The van der Waals surface area contributed by atoms with E-state index in [2.05, 4.69) is 12.1 Å². The van der Waals surface area contributed by atoms with E-state index in [-0.39, 0.29) is 35.9 Å². The molecule has 5 fully saturated rings. The molecule has 0 aromatic carbocycles. The summed E-state index contributed by atoms with van der Waals surface area (Å²) in [7, 11) is 1.57. The van der Waals surface area contributed by atoms with E-state index in [4.69, 9.17) is 18.9 Å². The second kappa shape index (κ2) is 10.0. The minimum Gasteiger partial charge on any atom is -0.458 e. The Morgan fingerprint density at radius 2 is 1.88 bits per heavy atom. The Bertz CT molecular complexity index is 1070. The van der Waals surface area contributed by atoms with E-state index in [0.717, 1.165) is 24.8 Å². The second-order valence-corrected chi connectivity index (χ2v) is 13.6. The fourth-order valence-electron chi connectivity index (χ4n) is 10.1. The largest absolute Gasteiger partial charge is 0.458 e. The zero-order valence-electron chi connectivity index (χ0n) is 23.8. The molecule has 0 amide bonds. The van der Waals surface area contributed by atoms with Crippen molar-refractivity contribution in [1.82, 2.24) is 0 Å². The minimum atomic E-state index is -1.15. The molecule has 10 nitrogen and oxygen atoms in total. The summed E-state index contributed by atoms with van der Waals surface area (Å²) >= 11 is 0. The van der Waals surface area contributed by atoms with Crippen LogP contribution in [0.25, 0.3) is 0 Å². The maximum absolute atomic E-state index is 12.5. The average molecular weight is 564 g/mol. The van der Waals surface area contributed by atoms with Gasteiger partial charge in [0.1, 0.15) is 12.7 Å². The molecule has 224 valence electrons. The first-order valence-electron chi connectivity index (χ1n) is 15.0. The molecule has 0 unspecified atom stereocenters. The van der Waals surface area contributed by atoms with Crippen LogP contribution in [-0.4, -0.2) is 88.3 Å². The lowest BCUT2D eigenvalue weighted by atomic mass is 9.41. The van der Waals surface area contributed by atoms with Crippen LogP contribution >= 0.6 is 0 Å². The zero-order chi connectivity index (χ0) is 28.5. The van der Waals surface area contributed by atoms with Crippen molar-refractivity contribution in [2.24, 2.45) is 33.7 Å². The Labute approximate surface area is 235 Å². The first kappa shape index (κ1) is 28.6. The number of cyclic esters (lactones) is 1. The molecule has 10 heteroatoms. The lowest BCUT2D eigenvalue weighted by Crippen LogP contribution is -2.69. The first-order chi connectivity index (χ1) is 19.0. The molecule has 6 aliphatic rings. The average Bonchev–Trinajstić information content (AvgIpc) is 3.46. The molecule has 0 bridgehead atoms. The highest BCUT2D eigenvalue weighted by atomic mass is 16.7. The molecule has 4 aliphatic carbocycles. The van der Waals surface area contributed by atoms with Gasteiger partial charge >= 0.3 is 5.97 Å². The number of methoxy groups -OCH3 is 1. The molecule has 0 aromatic rings. The van der Waals surface area contributed by atoms with Gasteiger partial charge in [-0.05, 0) is 81.6 Å². The molecule has 4 N–H and O–H groups in total. The van der Waals surface area contributed by atoms with E-state index in [1.165, 1.54) is 0 Å². The molecule has 2 heterocycles. The van der Waals surface area contributed by atoms with Gasteiger partial charge in [0, 0.05) is 36.9 Å². The number of esters is 1. The summed E-state index contributed by atoms with van der Waals surface area (Å²) in [6.07, 6.45) is 6.96. The number of nitrogens with zero attached hydrogens (tertiary/aromatic N) is 1. The van der Waals surface area contributed by atoms with Crippen molar-refractivity contribution in [1.29, 1.82) is 0 Å². The maximum atomic E-state index is 12.5.